The Morgan fingerprint density at radius 2 is 1.96 bits per heavy atom. The monoisotopic (exact) mass is 333 g/mol. The van der Waals surface area contributed by atoms with Crippen LogP contribution in [-0.2, 0) is 27.3 Å². The molecular weight excluding hydrogens is 306 g/mol. The zero-order valence-corrected chi connectivity index (χ0v) is 14.8. The molecule has 24 heavy (non-hydrogen) atoms. The maximum atomic E-state index is 13.1. The highest BCUT2D eigenvalue weighted by Gasteiger charge is 2.40. The van der Waals surface area contributed by atoms with Crippen molar-refractivity contribution in [1.82, 2.24) is 14.5 Å². The molecular formula is C18H27N3O3. The van der Waals surface area contributed by atoms with Gasteiger partial charge in [0.15, 0.2) is 0 Å². The smallest absolute Gasteiger partial charge is 0.329 e. The van der Waals surface area contributed by atoms with Crippen LogP contribution in [0.3, 0.4) is 0 Å². The Labute approximate surface area is 143 Å². The van der Waals surface area contributed by atoms with Gasteiger partial charge in [-0.1, -0.05) is 19.3 Å². The largest absolute Gasteiger partial charge is 0.467 e. The highest BCUT2D eigenvalue weighted by molar-refractivity contribution is 5.86. The van der Waals surface area contributed by atoms with Crippen LogP contribution in [-0.4, -0.2) is 39.5 Å². The molecule has 1 aliphatic heterocycles. The van der Waals surface area contributed by atoms with Gasteiger partial charge in [0.05, 0.1) is 31.4 Å². The normalized spacial score (nSPS) is 21.7. The van der Waals surface area contributed by atoms with Crippen LogP contribution in [0.1, 0.15) is 63.4 Å². The number of carbonyl (C=O) groups excluding carboxylic acids is 2. The molecule has 0 bridgehead atoms. The molecule has 6 nitrogen and oxygen atoms in total. The van der Waals surface area contributed by atoms with Gasteiger partial charge in [-0.15, -0.1) is 0 Å². The van der Waals surface area contributed by atoms with Gasteiger partial charge in [0, 0.05) is 18.4 Å². The maximum absolute atomic E-state index is 13.1. The summed E-state index contributed by atoms with van der Waals surface area (Å²) in [6.07, 6.45) is 7.52. The second-order valence-electron chi connectivity index (χ2n) is 7.18. The number of aromatic nitrogens is 2. The quantitative estimate of drug-likeness (QED) is 0.797. The fourth-order valence-electron chi connectivity index (χ4n) is 3.94. The number of methoxy groups -OCH3 is 1. The minimum atomic E-state index is -0.549. The number of ether oxygens (including phenoxy) is 1. The van der Waals surface area contributed by atoms with E-state index in [0.717, 1.165) is 37.1 Å². The molecule has 1 amide bonds. The first-order valence-corrected chi connectivity index (χ1v) is 8.95. The number of hydrogen-bond donors (Lipinski definition) is 0. The van der Waals surface area contributed by atoms with Gasteiger partial charge in [-0.3, -0.25) is 4.79 Å². The highest BCUT2D eigenvalue weighted by atomic mass is 16.5. The van der Waals surface area contributed by atoms with E-state index in [1.54, 1.807) is 4.90 Å². The van der Waals surface area contributed by atoms with Gasteiger partial charge >= 0.3 is 5.97 Å². The fourth-order valence-corrected chi connectivity index (χ4v) is 3.94. The van der Waals surface area contributed by atoms with Gasteiger partial charge in [-0.25, -0.2) is 9.78 Å². The Balaban J connectivity index is 1.90. The Kier molecular flexibility index (Phi) is 4.92. The van der Waals surface area contributed by atoms with Crippen molar-refractivity contribution in [1.29, 1.82) is 0 Å². The van der Waals surface area contributed by atoms with E-state index < -0.39 is 6.04 Å². The summed E-state index contributed by atoms with van der Waals surface area (Å²) in [6, 6.07) is -0.269. The topological polar surface area (TPSA) is 64.4 Å². The van der Waals surface area contributed by atoms with E-state index in [2.05, 4.69) is 23.4 Å². The van der Waals surface area contributed by atoms with Crippen molar-refractivity contribution in [3.63, 3.8) is 0 Å². The zero-order valence-electron chi connectivity index (χ0n) is 14.8. The molecule has 2 heterocycles. The summed E-state index contributed by atoms with van der Waals surface area (Å²) in [5, 5.41) is 0. The minimum absolute atomic E-state index is 0.0443. The van der Waals surface area contributed by atoms with Crippen LogP contribution < -0.4 is 0 Å². The second-order valence-corrected chi connectivity index (χ2v) is 7.18. The molecule has 0 aromatic carbocycles. The van der Waals surface area contributed by atoms with Gasteiger partial charge in [0.1, 0.15) is 6.04 Å². The SMILES string of the molecule is COC(=O)[C@@H]1Cc2ncn(C(C)C)c2CN1C(=O)C1CCCCC1. The number of esters is 1. The summed E-state index contributed by atoms with van der Waals surface area (Å²) >= 11 is 0. The van der Waals surface area contributed by atoms with Gasteiger partial charge in [-0.2, -0.15) is 0 Å². The Morgan fingerprint density at radius 3 is 2.58 bits per heavy atom. The molecule has 0 unspecified atom stereocenters. The Morgan fingerprint density at radius 1 is 1.25 bits per heavy atom. The van der Waals surface area contributed by atoms with Crippen molar-refractivity contribution in [3.05, 3.63) is 17.7 Å². The van der Waals surface area contributed by atoms with Crippen LogP contribution in [0.4, 0.5) is 0 Å². The molecule has 1 fully saturated rings. The van der Waals surface area contributed by atoms with E-state index in [9.17, 15) is 9.59 Å². The summed E-state index contributed by atoms with van der Waals surface area (Å²) in [4.78, 5) is 31.6. The fraction of sp³-hybridized carbons (Fsp3) is 0.722. The minimum Gasteiger partial charge on any atom is -0.467 e. The molecule has 1 atom stereocenters. The van der Waals surface area contributed by atoms with Crippen LogP contribution in [0.25, 0.3) is 0 Å². The van der Waals surface area contributed by atoms with Gasteiger partial charge in [0.25, 0.3) is 0 Å². The summed E-state index contributed by atoms with van der Waals surface area (Å²) in [5.74, 6) is -0.195. The summed E-state index contributed by atoms with van der Waals surface area (Å²) in [5.41, 5.74) is 1.96. The first-order chi connectivity index (χ1) is 11.5. The lowest BCUT2D eigenvalue weighted by Gasteiger charge is -2.37. The molecule has 0 saturated heterocycles. The van der Waals surface area contributed by atoms with Crippen molar-refractivity contribution < 1.29 is 14.3 Å². The third-order valence-corrected chi connectivity index (χ3v) is 5.33. The van der Waals surface area contributed by atoms with Crippen LogP contribution in [0.15, 0.2) is 6.33 Å². The molecule has 0 spiro atoms. The van der Waals surface area contributed by atoms with E-state index in [-0.39, 0.29) is 23.8 Å². The summed E-state index contributed by atoms with van der Waals surface area (Å²) in [7, 11) is 1.38. The molecule has 132 valence electrons. The maximum Gasteiger partial charge on any atom is 0.329 e. The van der Waals surface area contributed by atoms with Crippen LogP contribution in [0.5, 0.6) is 0 Å². The van der Waals surface area contributed by atoms with E-state index in [4.69, 9.17) is 4.74 Å². The standard InChI is InChI=1S/C18H27N3O3/c1-12(2)21-11-19-14-9-15(18(23)24-3)20(10-16(14)21)17(22)13-7-5-4-6-8-13/h11-13,15H,4-10H2,1-3H3/t15-/m0/s1. The van der Waals surface area contributed by atoms with Crippen molar-refractivity contribution in [2.45, 2.75) is 71.0 Å². The zero-order chi connectivity index (χ0) is 17.3. The Bertz CT molecular complexity index is 617. The lowest BCUT2D eigenvalue weighted by molar-refractivity contribution is -0.156. The molecule has 2 aliphatic rings. The average molecular weight is 333 g/mol. The van der Waals surface area contributed by atoms with Crippen molar-refractivity contribution >= 4 is 11.9 Å². The van der Waals surface area contributed by atoms with Crippen LogP contribution in [0.2, 0.25) is 0 Å². The summed E-state index contributed by atoms with van der Waals surface area (Å²) < 4.78 is 7.06. The van der Waals surface area contributed by atoms with Crippen molar-refractivity contribution in [3.8, 4) is 0 Å². The number of carbonyl (C=O) groups is 2. The first-order valence-electron chi connectivity index (χ1n) is 8.95. The van der Waals surface area contributed by atoms with E-state index in [1.807, 2.05) is 6.33 Å². The molecule has 0 N–H and O–H groups in total. The van der Waals surface area contributed by atoms with Gasteiger partial charge in [0.2, 0.25) is 5.91 Å². The van der Waals surface area contributed by atoms with Crippen LogP contribution >= 0.6 is 0 Å². The molecule has 1 saturated carbocycles. The highest BCUT2D eigenvalue weighted by Crippen LogP contribution is 2.31. The van der Waals surface area contributed by atoms with Crippen LogP contribution in [0, 0.1) is 5.92 Å². The molecule has 0 radical (unpaired) electrons. The third-order valence-electron chi connectivity index (χ3n) is 5.33. The van der Waals surface area contributed by atoms with E-state index >= 15 is 0 Å². The average Bonchev–Trinajstić information content (AvgIpc) is 3.03. The van der Waals surface area contributed by atoms with E-state index in [0.29, 0.717) is 13.0 Å². The molecule has 1 aromatic rings. The van der Waals surface area contributed by atoms with Crippen molar-refractivity contribution in [2.24, 2.45) is 5.92 Å². The lowest BCUT2D eigenvalue weighted by atomic mass is 9.87. The Hall–Kier alpha value is -1.85. The molecule has 6 heteroatoms. The number of nitrogens with zero attached hydrogens (tertiary/aromatic N) is 3. The molecule has 1 aliphatic carbocycles. The third kappa shape index (κ3) is 3.06. The lowest BCUT2D eigenvalue weighted by Crippen LogP contribution is -2.51. The number of hydrogen-bond acceptors (Lipinski definition) is 4. The van der Waals surface area contributed by atoms with Gasteiger partial charge in [-0.05, 0) is 26.7 Å². The predicted octanol–water partition coefficient (Wildman–Crippen LogP) is 2.47. The predicted molar refractivity (Wildman–Crippen MR) is 89.2 cm³/mol. The van der Waals surface area contributed by atoms with E-state index in [1.165, 1.54) is 13.5 Å². The number of imidazole rings is 1. The number of fused-ring (bicyclic) bond motifs is 1. The molecule has 3 rings (SSSR count). The van der Waals surface area contributed by atoms with Gasteiger partial charge < -0.3 is 14.2 Å². The second kappa shape index (κ2) is 6.95. The summed E-state index contributed by atoms with van der Waals surface area (Å²) in [6.45, 7) is 4.64. The molecule has 1 aromatic heterocycles. The number of amides is 1. The first kappa shape index (κ1) is 17.0. The van der Waals surface area contributed by atoms with Crippen molar-refractivity contribution in [2.75, 3.05) is 7.11 Å². The number of rotatable bonds is 3.